The zero-order valence-electron chi connectivity index (χ0n) is 18.2. The number of rotatable bonds is 3. The van der Waals surface area contributed by atoms with Crippen LogP contribution in [0.2, 0.25) is 0 Å². The minimum absolute atomic E-state index is 0.243. The van der Waals surface area contributed by atoms with E-state index in [1.807, 2.05) is 50.2 Å². The van der Waals surface area contributed by atoms with Crippen LogP contribution in [0.15, 0.2) is 71.6 Å². The fourth-order valence-corrected chi connectivity index (χ4v) is 4.42. The van der Waals surface area contributed by atoms with Crippen LogP contribution in [-0.2, 0) is 10.3 Å². The number of aromatic nitrogens is 2. The number of carbonyl (C=O) groups is 1. The first kappa shape index (κ1) is 21.6. The third kappa shape index (κ3) is 4.69. The second kappa shape index (κ2) is 8.50. The number of halogens is 1. The van der Waals surface area contributed by atoms with Gasteiger partial charge in [-0.3, -0.25) is 0 Å². The van der Waals surface area contributed by atoms with Crippen LogP contribution in [0.5, 0.6) is 0 Å². The molecule has 3 aromatic rings. The molecule has 1 saturated heterocycles. The summed E-state index contributed by atoms with van der Waals surface area (Å²) >= 11 is 3.55. The average molecular weight is 482 g/mol. The number of amides is 1. The first-order chi connectivity index (χ1) is 14.8. The molecule has 2 aromatic carbocycles. The second-order valence-corrected chi connectivity index (χ2v) is 9.95. The third-order valence-corrected chi connectivity index (χ3v) is 6.30. The van der Waals surface area contributed by atoms with Crippen molar-refractivity contribution < 1.29 is 9.53 Å². The maximum atomic E-state index is 12.6. The highest BCUT2D eigenvalue weighted by Crippen LogP contribution is 2.39. The first-order valence-corrected chi connectivity index (χ1v) is 11.4. The standard InChI is InChI=1S/C25H28BrN3O2/c1-24(2,3)31-23(30)28-15-13-25(14-16-28,20-9-11-21(26)12-10-20)29-17-22(27-18-29)19-7-5-4-6-8-19/h4-12,17-18H,13-16H2,1-3H3. The summed E-state index contributed by atoms with van der Waals surface area (Å²) in [5.41, 5.74) is 2.51. The van der Waals surface area contributed by atoms with E-state index >= 15 is 0 Å². The van der Waals surface area contributed by atoms with Crippen LogP contribution in [-0.4, -0.2) is 39.2 Å². The van der Waals surface area contributed by atoms with Crippen LogP contribution in [0, 0.1) is 0 Å². The van der Waals surface area contributed by atoms with E-state index in [-0.39, 0.29) is 11.6 Å². The van der Waals surface area contributed by atoms with Gasteiger partial charge in [-0.25, -0.2) is 9.78 Å². The summed E-state index contributed by atoms with van der Waals surface area (Å²) in [4.78, 5) is 19.1. The molecule has 4 rings (SSSR count). The smallest absolute Gasteiger partial charge is 0.410 e. The molecule has 31 heavy (non-hydrogen) atoms. The van der Waals surface area contributed by atoms with Crippen LogP contribution in [0.3, 0.4) is 0 Å². The Morgan fingerprint density at radius 1 is 1.03 bits per heavy atom. The van der Waals surface area contributed by atoms with E-state index in [2.05, 4.69) is 63.1 Å². The van der Waals surface area contributed by atoms with E-state index < -0.39 is 5.60 Å². The van der Waals surface area contributed by atoms with E-state index in [1.165, 1.54) is 5.56 Å². The second-order valence-electron chi connectivity index (χ2n) is 9.04. The molecule has 1 amide bonds. The molecule has 0 spiro atoms. The predicted molar refractivity (Wildman–Crippen MR) is 126 cm³/mol. The molecule has 0 saturated carbocycles. The van der Waals surface area contributed by atoms with Gasteiger partial charge in [0, 0.05) is 29.3 Å². The van der Waals surface area contributed by atoms with Crippen molar-refractivity contribution in [3.05, 3.63) is 77.2 Å². The average Bonchev–Trinajstić information content (AvgIpc) is 3.25. The number of piperidine rings is 1. The summed E-state index contributed by atoms with van der Waals surface area (Å²) < 4.78 is 8.87. The fourth-order valence-electron chi connectivity index (χ4n) is 4.16. The molecule has 5 nitrogen and oxygen atoms in total. The van der Waals surface area contributed by atoms with Crippen molar-refractivity contribution >= 4 is 22.0 Å². The number of ether oxygens (including phenoxy) is 1. The highest BCUT2D eigenvalue weighted by molar-refractivity contribution is 9.10. The third-order valence-electron chi connectivity index (χ3n) is 5.77. The summed E-state index contributed by atoms with van der Waals surface area (Å²) in [5.74, 6) is 0. The lowest BCUT2D eigenvalue weighted by Gasteiger charge is -2.43. The molecule has 1 aliphatic rings. The zero-order valence-corrected chi connectivity index (χ0v) is 19.8. The highest BCUT2D eigenvalue weighted by Gasteiger charge is 2.40. The van der Waals surface area contributed by atoms with E-state index in [4.69, 9.17) is 9.72 Å². The summed E-state index contributed by atoms with van der Waals surface area (Å²) in [6.07, 6.45) is 5.39. The van der Waals surface area contributed by atoms with Crippen molar-refractivity contribution in [2.45, 2.75) is 44.8 Å². The lowest BCUT2D eigenvalue weighted by Crippen LogP contribution is -2.49. The molecule has 6 heteroatoms. The Balaban J connectivity index is 1.65. The van der Waals surface area contributed by atoms with Crippen molar-refractivity contribution in [1.82, 2.24) is 14.5 Å². The Morgan fingerprint density at radius 2 is 1.68 bits per heavy atom. The van der Waals surface area contributed by atoms with Gasteiger partial charge in [-0.1, -0.05) is 58.4 Å². The van der Waals surface area contributed by atoms with Crippen LogP contribution in [0.4, 0.5) is 4.79 Å². The minimum atomic E-state index is -0.494. The topological polar surface area (TPSA) is 47.4 Å². The van der Waals surface area contributed by atoms with Gasteiger partial charge >= 0.3 is 6.09 Å². The van der Waals surface area contributed by atoms with Crippen LogP contribution in [0.1, 0.15) is 39.2 Å². The van der Waals surface area contributed by atoms with E-state index in [9.17, 15) is 4.79 Å². The molecular formula is C25H28BrN3O2. The Bertz CT molecular complexity index is 1030. The largest absolute Gasteiger partial charge is 0.444 e. The van der Waals surface area contributed by atoms with Gasteiger partial charge in [0.15, 0.2) is 0 Å². The normalized spacial score (nSPS) is 16.2. The van der Waals surface area contributed by atoms with Crippen LogP contribution in [0.25, 0.3) is 11.3 Å². The number of hydrogen-bond acceptors (Lipinski definition) is 3. The van der Waals surface area contributed by atoms with Crippen LogP contribution >= 0.6 is 15.9 Å². The Kier molecular flexibility index (Phi) is 5.93. The lowest BCUT2D eigenvalue weighted by atomic mass is 9.80. The molecule has 1 aromatic heterocycles. The van der Waals surface area contributed by atoms with Crippen LogP contribution < -0.4 is 0 Å². The summed E-state index contributed by atoms with van der Waals surface area (Å²) in [6.45, 7) is 6.96. The van der Waals surface area contributed by atoms with Gasteiger partial charge in [-0.15, -0.1) is 0 Å². The maximum absolute atomic E-state index is 12.6. The lowest BCUT2D eigenvalue weighted by molar-refractivity contribution is 0.0146. The summed E-state index contributed by atoms with van der Waals surface area (Å²) in [6, 6.07) is 18.7. The molecular weight excluding hydrogens is 454 g/mol. The van der Waals surface area contributed by atoms with Crippen molar-refractivity contribution in [1.29, 1.82) is 0 Å². The Labute approximate surface area is 192 Å². The van der Waals surface area contributed by atoms with Gasteiger partial charge in [-0.05, 0) is 51.3 Å². The molecule has 162 valence electrons. The number of likely N-dealkylation sites (tertiary alicyclic amines) is 1. The number of hydrogen-bond donors (Lipinski definition) is 0. The molecule has 2 heterocycles. The molecule has 1 aliphatic heterocycles. The SMILES string of the molecule is CC(C)(C)OC(=O)N1CCC(c2ccc(Br)cc2)(n2cnc(-c3ccccc3)c2)CC1. The molecule has 0 N–H and O–H groups in total. The zero-order chi connectivity index (χ0) is 22.1. The summed E-state index contributed by atoms with van der Waals surface area (Å²) in [7, 11) is 0. The predicted octanol–water partition coefficient (Wildman–Crippen LogP) is 6.09. The molecule has 1 fully saturated rings. The number of nitrogens with zero attached hydrogens (tertiary/aromatic N) is 3. The fraction of sp³-hybridized carbons (Fsp3) is 0.360. The molecule has 0 aliphatic carbocycles. The minimum Gasteiger partial charge on any atom is -0.444 e. The molecule has 0 atom stereocenters. The monoisotopic (exact) mass is 481 g/mol. The molecule has 0 unspecified atom stereocenters. The first-order valence-electron chi connectivity index (χ1n) is 10.6. The number of imidazole rings is 1. The van der Waals surface area contributed by atoms with Gasteiger partial charge in [0.1, 0.15) is 5.60 Å². The van der Waals surface area contributed by atoms with E-state index in [0.717, 1.165) is 28.6 Å². The van der Waals surface area contributed by atoms with Gasteiger partial charge in [0.25, 0.3) is 0 Å². The van der Waals surface area contributed by atoms with E-state index in [1.54, 1.807) is 0 Å². The van der Waals surface area contributed by atoms with Crippen molar-refractivity contribution in [3.8, 4) is 11.3 Å². The van der Waals surface area contributed by atoms with Crippen molar-refractivity contribution in [2.24, 2.45) is 0 Å². The molecule has 0 radical (unpaired) electrons. The van der Waals surface area contributed by atoms with Gasteiger partial charge < -0.3 is 14.2 Å². The van der Waals surface area contributed by atoms with Crippen molar-refractivity contribution in [2.75, 3.05) is 13.1 Å². The van der Waals surface area contributed by atoms with Crippen molar-refractivity contribution in [3.63, 3.8) is 0 Å². The quantitative estimate of drug-likeness (QED) is 0.454. The highest BCUT2D eigenvalue weighted by atomic mass is 79.9. The maximum Gasteiger partial charge on any atom is 0.410 e. The van der Waals surface area contributed by atoms with Gasteiger partial charge in [0.05, 0.1) is 17.6 Å². The number of benzene rings is 2. The molecule has 0 bridgehead atoms. The Morgan fingerprint density at radius 3 is 2.29 bits per heavy atom. The Hall–Kier alpha value is -2.60. The van der Waals surface area contributed by atoms with Gasteiger partial charge in [-0.2, -0.15) is 0 Å². The van der Waals surface area contributed by atoms with Gasteiger partial charge in [0.2, 0.25) is 0 Å². The number of carbonyl (C=O) groups excluding carboxylic acids is 1. The summed E-state index contributed by atoms with van der Waals surface area (Å²) in [5, 5.41) is 0. The van der Waals surface area contributed by atoms with E-state index in [0.29, 0.717) is 13.1 Å².